The molecule has 5 heteroatoms. The summed E-state index contributed by atoms with van der Waals surface area (Å²) in [6, 6.07) is 57.4. The Kier molecular flexibility index (Phi) is 7.73. The van der Waals surface area contributed by atoms with Gasteiger partial charge in [0.15, 0.2) is 5.82 Å². The molecule has 0 fully saturated rings. The van der Waals surface area contributed by atoms with E-state index < -0.39 is 0 Å². The molecule has 252 valence electrons. The van der Waals surface area contributed by atoms with Gasteiger partial charge in [0.25, 0.3) is 0 Å². The van der Waals surface area contributed by atoms with E-state index in [0.29, 0.717) is 5.82 Å². The Bertz CT molecular complexity index is 2920. The number of fused-ring (bicyclic) bond motifs is 4. The maximum atomic E-state index is 5.18. The van der Waals surface area contributed by atoms with Crippen LogP contribution in [0.15, 0.2) is 189 Å². The first kappa shape index (κ1) is 31.4. The first-order valence-corrected chi connectivity index (χ1v) is 18.0. The molecule has 0 amide bonds. The summed E-state index contributed by atoms with van der Waals surface area (Å²) in [5.74, 6) is 0.648. The van der Waals surface area contributed by atoms with E-state index in [4.69, 9.17) is 15.0 Å². The van der Waals surface area contributed by atoms with Crippen molar-refractivity contribution in [2.75, 3.05) is 0 Å². The van der Waals surface area contributed by atoms with E-state index >= 15 is 0 Å². The van der Waals surface area contributed by atoms with Gasteiger partial charge in [-0.2, -0.15) is 0 Å². The Morgan fingerprint density at radius 1 is 0.315 bits per heavy atom. The van der Waals surface area contributed by atoms with Gasteiger partial charge in [-0.25, -0.2) is 15.0 Å². The van der Waals surface area contributed by atoms with E-state index in [1.165, 1.54) is 10.8 Å². The molecule has 5 nitrogen and oxygen atoms in total. The number of pyridine rings is 3. The van der Waals surface area contributed by atoms with Crippen LogP contribution in [0.1, 0.15) is 0 Å². The Morgan fingerprint density at radius 3 is 1.67 bits per heavy atom. The number of benzene rings is 6. The fourth-order valence-electron chi connectivity index (χ4n) is 7.51. The summed E-state index contributed by atoms with van der Waals surface area (Å²) < 4.78 is 0. The van der Waals surface area contributed by atoms with Crippen LogP contribution in [0.3, 0.4) is 0 Å². The lowest BCUT2D eigenvalue weighted by Gasteiger charge is -2.16. The molecule has 0 N–H and O–H groups in total. The summed E-state index contributed by atoms with van der Waals surface area (Å²) in [4.78, 5) is 23.7. The highest BCUT2D eigenvalue weighted by Gasteiger charge is 2.17. The monoisotopic (exact) mass is 689 g/mol. The first-order valence-electron chi connectivity index (χ1n) is 18.0. The van der Waals surface area contributed by atoms with Crippen molar-refractivity contribution in [2.45, 2.75) is 0 Å². The number of rotatable bonds is 6. The number of hydrogen-bond acceptors (Lipinski definition) is 5. The molecule has 0 saturated heterocycles. The molecule has 0 radical (unpaired) electrons. The second kappa shape index (κ2) is 13.3. The number of hydrogen-bond donors (Lipinski definition) is 0. The van der Waals surface area contributed by atoms with Gasteiger partial charge in [0.1, 0.15) is 0 Å². The van der Waals surface area contributed by atoms with E-state index in [0.717, 1.165) is 83.3 Å². The largest absolute Gasteiger partial charge is 0.265 e. The van der Waals surface area contributed by atoms with Crippen LogP contribution in [0.25, 0.3) is 99.9 Å². The summed E-state index contributed by atoms with van der Waals surface area (Å²) in [7, 11) is 0. The predicted octanol–water partition coefficient (Wildman–Crippen LogP) is 12.1. The maximum absolute atomic E-state index is 5.18. The fraction of sp³-hybridized carbons (Fsp3) is 0. The van der Waals surface area contributed by atoms with E-state index in [2.05, 4.69) is 143 Å². The molecule has 6 aromatic carbocycles. The van der Waals surface area contributed by atoms with Gasteiger partial charge in [0, 0.05) is 52.4 Å². The molecule has 0 atom stereocenters. The van der Waals surface area contributed by atoms with Crippen molar-refractivity contribution in [3.05, 3.63) is 189 Å². The van der Waals surface area contributed by atoms with Gasteiger partial charge in [0.05, 0.1) is 22.6 Å². The summed E-state index contributed by atoms with van der Waals surface area (Å²) in [6.07, 6.45) is 7.13. The summed E-state index contributed by atoms with van der Waals surface area (Å²) >= 11 is 0. The lowest BCUT2D eigenvalue weighted by Crippen LogP contribution is -1.97. The van der Waals surface area contributed by atoms with Crippen LogP contribution in [0.5, 0.6) is 0 Å². The highest BCUT2D eigenvalue weighted by atomic mass is 14.9. The fourth-order valence-corrected chi connectivity index (χ4v) is 7.51. The molecule has 0 saturated carbocycles. The van der Waals surface area contributed by atoms with E-state index in [1.807, 2.05) is 30.3 Å². The van der Waals surface area contributed by atoms with Gasteiger partial charge in [-0.05, 0) is 92.3 Å². The lowest BCUT2D eigenvalue weighted by atomic mass is 9.90. The molecule has 54 heavy (non-hydrogen) atoms. The average Bonchev–Trinajstić information content (AvgIpc) is 3.26. The molecule has 4 heterocycles. The van der Waals surface area contributed by atoms with Crippen molar-refractivity contribution < 1.29 is 0 Å². The molecule has 0 spiro atoms. The van der Waals surface area contributed by atoms with Gasteiger partial charge in [0.2, 0.25) is 0 Å². The van der Waals surface area contributed by atoms with Crippen molar-refractivity contribution >= 4 is 32.4 Å². The van der Waals surface area contributed by atoms with Crippen LogP contribution in [-0.4, -0.2) is 24.9 Å². The van der Waals surface area contributed by atoms with Gasteiger partial charge < -0.3 is 0 Å². The normalized spacial score (nSPS) is 11.3. The molecular weight excluding hydrogens is 659 g/mol. The van der Waals surface area contributed by atoms with Crippen LogP contribution in [0.2, 0.25) is 0 Å². The zero-order chi connectivity index (χ0) is 35.8. The summed E-state index contributed by atoms with van der Waals surface area (Å²) in [6.45, 7) is 0. The second-order valence-corrected chi connectivity index (χ2v) is 13.3. The predicted molar refractivity (Wildman–Crippen MR) is 221 cm³/mol. The third kappa shape index (κ3) is 5.65. The van der Waals surface area contributed by atoms with E-state index in [1.54, 1.807) is 24.8 Å². The molecule has 0 unspecified atom stereocenters. The summed E-state index contributed by atoms with van der Waals surface area (Å²) in [5.41, 5.74) is 12.2. The molecule has 10 rings (SSSR count). The van der Waals surface area contributed by atoms with Gasteiger partial charge in [-0.15, -0.1) is 0 Å². The second-order valence-electron chi connectivity index (χ2n) is 13.3. The Morgan fingerprint density at radius 2 is 0.889 bits per heavy atom. The molecular formula is C49H31N5. The third-order valence-corrected chi connectivity index (χ3v) is 10.1. The molecule has 0 aliphatic heterocycles. The minimum absolute atomic E-state index is 0.648. The van der Waals surface area contributed by atoms with Crippen LogP contribution >= 0.6 is 0 Å². The lowest BCUT2D eigenvalue weighted by molar-refractivity contribution is 1.17. The minimum Gasteiger partial charge on any atom is -0.265 e. The quantitative estimate of drug-likeness (QED) is 0.163. The summed E-state index contributed by atoms with van der Waals surface area (Å²) in [5, 5.41) is 5.81. The Balaban J connectivity index is 1.15. The van der Waals surface area contributed by atoms with E-state index in [9.17, 15) is 0 Å². The standard InChI is InChI=1S/C49H31N5/c1-2-10-33(11-3-1)45-30-43(48-39-14-5-4-9-32(39)17-20-44(48)52-45)37-13-8-12-36(29-37)38-18-19-42(41-16-7-6-15-40(38)41)47-31-46(34-21-25-50-26-22-34)53-49(54-47)35-23-27-51-28-24-35/h1-31H. The average molecular weight is 690 g/mol. The molecule has 0 bridgehead atoms. The zero-order valence-electron chi connectivity index (χ0n) is 29.1. The van der Waals surface area contributed by atoms with Crippen molar-refractivity contribution in [1.29, 1.82) is 0 Å². The highest BCUT2D eigenvalue weighted by molar-refractivity contribution is 6.14. The zero-order valence-corrected chi connectivity index (χ0v) is 29.1. The van der Waals surface area contributed by atoms with Crippen molar-refractivity contribution in [2.24, 2.45) is 0 Å². The maximum Gasteiger partial charge on any atom is 0.160 e. The van der Waals surface area contributed by atoms with Crippen LogP contribution in [0.4, 0.5) is 0 Å². The minimum atomic E-state index is 0.648. The van der Waals surface area contributed by atoms with Crippen molar-refractivity contribution in [1.82, 2.24) is 24.9 Å². The smallest absolute Gasteiger partial charge is 0.160 e. The van der Waals surface area contributed by atoms with Crippen molar-refractivity contribution in [3.8, 4) is 67.4 Å². The molecule has 0 aliphatic rings. The Hall–Kier alpha value is -7.37. The van der Waals surface area contributed by atoms with E-state index in [-0.39, 0.29) is 0 Å². The van der Waals surface area contributed by atoms with Gasteiger partial charge in [-0.3, -0.25) is 9.97 Å². The topological polar surface area (TPSA) is 64.5 Å². The SMILES string of the molecule is c1ccc(-c2cc(-c3cccc(-c4ccc(-c5cc(-c6ccncc6)nc(-c6ccncc6)n5)c5ccccc45)c3)c3c(ccc4ccccc43)n2)cc1. The van der Waals surface area contributed by atoms with Crippen LogP contribution in [-0.2, 0) is 0 Å². The molecule has 10 aromatic rings. The molecule has 0 aliphatic carbocycles. The third-order valence-electron chi connectivity index (χ3n) is 10.1. The molecule has 4 aromatic heterocycles. The van der Waals surface area contributed by atoms with Crippen LogP contribution in [0, 0.1) is 0 Å². The number of aromatic nitrogens is 5. The first-order chi connectivity index (χ1) is 26.8. The van der Waals surface area contributed by atoms with Crippen LogP contribution < -0.4 is 0 Å². The van der Waals surface area contributed by atoms with Crippen molar-refractivity contribution in [3.63, 3.8) is 0 Å². The Labute approximate surface area is 312 Å². The number of nitrogens with zero attached hydrogens (tertiary/aromatic N) is 5. The van der Waals surface area contributed by atoms with Gasteiger partial charge >= 0.3 is 0 Å². The highest BCUT2D eigenvalue weighted by Crippen LogP contribution is 2.41. The van der Waals surface area contributed by atoms with Gasteiger partial charge in [-0.1, -0.05) is 115 Å².